The molecular formula is C14H18N4O3S. The molecule has 0 radical (unpaired) electrons. The van der Waals surface area contributed by atoms with E-state index < -0.39 is 16.1 Å². The Labute approximate surface area is 129 Å². The van der Waals surface area contributed by atoms with E-state index in [1.165, 1.54) is 10.5 Å². The van der Waals surface area contributed by atoms with Crippen LogP contribution < -0.4 is 0 Å². The van der Waals surface area contributed by atoms with Crippen LogP contribution in [0.1, 0.15) is 43.5 Å². The van der Waals surface area contributed by atoms with Gasteiger partial charge in [0.15, 0.2) is 0 Å². The summed E-state index contributed by atoms with van der Waals surface area (Å²) in [5.41, 5.74) is 0. The minimum absolute atomic E-state index is 0.193. The number of pyridine rings is 1. The summed E-state index contributed by atoms with van der Waals surface area (Å²) in [4.78, 5) is 4.11. The number of hydrogen-bond acceptors (Lipinski definition) is 6. The SMILES string of the molecule is Cc1nnc(C2CCCCCN2S(=O)(=O)c2cccnc2)o1. The van der Waals surface area contributed by atoms with Crippen molar-refractivity contribution in [1.29, 1.82) is 0 Å². The lowest BCUT2D eigenvalue weighted by molar-refractivity contribution is 0.273. The standard InChI is InChI=1S/C14H18N4O3S/c1-11-16-17-14(21-11)13-7-3-2-4-9-18(13)22(19,20)12-6-5-8-15-10-12/h5-6,8,10,13H,2-4,7,9H2,1H3. The second-order valence-electron chi connectivity index (χ2n) is 5.33. The minimum atomic E-state index is -3.63. The summed E-state index contributed by atoms with van der Waals surface area (Å²) in [5.74, 6) is 0.810. The third kappa shape index (κ3) is 2.89. The summed E-state index contributed by atoms with van der Waals surface area (Å²) in [6.45, 7) is 2.15. The van der Waals surface area contributed by atoms with Gasteiger partial charge in [-0.1, -0.05) is 12.8 Å². The fourth-order valence-corrected chi connectivity index (χ4v) is 4.31. The molecule has 2 aromatic rings. The van der Waals surface area contributed by atoms with Crippen LogP contribution in [0.25, 0.3) is 0 Å². The first kappa shape index (κ1) is 15.1. The lowest BCUT2D eigenvalue weighted by atomic mass is 10.1. The zero-order valence-electron chi connectivity index (χ0n) is 12.3. The first-order valence-electron chi connectivity index (χ1n) is 7.31. The van der Waals surface area contributed by atoms with Gasteiger partial charge < -0.3 is 4.42 Å². The van der Waals surface area contributed by atoms with Crippen molar-refractivity contribution < 1.29 is 12.8 Å². The molecule has 1 aliphatic heterocycles. The molecule has 3 rings (SSSR count). The van der Waals surface area contributed by atoms with Crippen LogP contribution in [-0.2, 0) is 10.0 Å². The van der Waals surface area contributed by atoms with Gasteiger partial charge in [-0.3, -0.25) is 4.98 Å². The summed E-state index contributed by atoms with van der Waals surface area (Å²) in [5, 5.41) is 7.86. The first-order valence-corrected chi connectivity index (χ1v) is 8.75. The largest absolute Gasteiger partial charge is 0.424 e. The van der Waals surface area contributed by atoms with Crippen molar-refractivity contribution in [3.8, 4) is 0 Å². The average molecular weight is 322 g/mol. The second kappa shape index (κ2) is 6.13. The molecule has 1 fully saturated rings. The molecule has 7 nitrogen and oxygen atoms in total. The van der Waals surface area contributed by atoms with Crippen LogP contribution in [0.4, 0.5) is 0 Å². The third-order valence-corrected chi connectivity index (χ3v) is 5.66. The quantitative estimate of drug-likeness (QED) is 0.859. The van der Waals surface area contributed by atoms with Crippen LogP contribution in [0.3, 0.4) is 0 Å². The molecule has 1 unspecified atom stereocenters. The predicted octanol–water partition coefficient (Wildman–Crippen LogP) is 2.08. The van der Waals surface area contributed by atoms with Crippen molar-refractivity contribution in [1.82, 2.24) is 19.5 Å². The van der Waals surface area contributed by atoms with Gasteiger partial charge in [-0.2, -0.15) is 4.31 Å². The predicted molar refractivity (Wildman–Crippen MR) is 78.4 cm³/mol. The van der Waals surface area contributed by atoms with Crippen molar-refractivity contribution in [2.24, 2.45) is 0 Å². The van der Waals surface area contributed by atoms with Crippen LogP contribution in [0.5, 0.6) is 0 Å². The number of nitrogens with zero attached hydrogens (tertiary/aromatic N) is 4. The Bertz CT molecular complexity index is 730. The number of aromatic nitrogens is 3. The highest BCUT2D eigenvalue weighted by Gasteiger charge is 2.36. The zero-order chi connectivity index (χ0) is 15.6. The maximum Gasteiger partial charge on any atom is 0.245 e. The van der Waals surface area contributed by atoms with Gasteiger partial charge in [0.25, 0.3) is 0 Å². The summed E-state index contributed by atoms with van der Waals surface area (Å²) < 4.78 is 32.8. The van der Waals surface area contributed by atoms with Gasteiger partial charge in [0.2, 0.25) is 21.8 Å². The molecule has 8 heteroatoms. The van der Waals surface area contributed by atoms with Crippen LogP contribution in [0, 0.1) is 6.92 Å². The van der Waals surface area contributed by atoms with Crippen molar-refractivity contribution >= 4 is 10.0 Å². The van der Waals surface area contributed by atoms with Crippen molar-refractivity contribution in [3.05, 3.63) is 36.3 Å². The van der Waals surface area contributed by atoms with Gasteiger partial charge in [-0.15, -0.1) is 10.2 Å². The molecule has 3 heterocycles. The second-order valence-corrected chi connectivity index (χ2v) is 7.22. The molecule has 0 bridgehead atoms. The summed E-state index contributed by atoms with van der Waals surface area (Å²) >= 11 is 0. The summed E-state index contributed by atoms with van der Waals surface area (Å²) in [6.07, 6.45) is 6.36. The fraction of sp³-hybridized carbons (Fsp3) is 0.500. The summed E-state index contributed by atoms with van der Waals surface area (Å²) in [7, 11) is -3.63. The Morgan fingerprint density at radius 2 is 2.14 bits per heavy atom. The molecule has 0 N–H and O–H groups in total. The molecule has 1 atom stereocenters. The van der Waals surface area contributed by atoms with Gasteiger partial charge in [0.1, 0.15) is 10.9 Å². The summed E-state index contributed by atoms with van der Waals surface area (Å²) in [6, 6.07) is 2.77. The third-order valence-electron chi connectivity index (χ3n) is 3.77. The van der Waals surface area contributed by atoms with E-state index in [0.29, 0.717) is 24.7 Å². The number of hydrogen-bond donors (Lipinski definition) is 0. The molecule has 2 aromatic heterocycles. The topological polar surface area (TPSA) is 89.2 Å². The van der Waals surface area contributed by atoms with Crippen molar-refractivity contribution in [3.63, 3.8) is 0 Å². The van der Waals surface area contributed by atoms with Gasteiger partial charge >= 0.3 is 0 Å². The van der Waals surface area contributed by atoms with E-state index >= 15 is 0 Å². The molecule has 22 heavy (non-hydrogen) atoms. The van der Waals surface area contributed by atoms with Gasteiger partial charge in [-0.25, -0.2) is 8.42 Å². The van der Waals surface area contributed by atoms with E-state index in [9.17, 15) is 8.42 Å². The lowest BCUT2D eigenvalue weighted by Crippen LogP contribution is -2.35. The fourth-order valence-electron chi connectivity index (χ4n) is 2.70. The highest BCUT2D eigenvalue weighted by atomic mass is 32.2. The first-order chi connectivity index (χ1) is 10.6. The molecule has 0 spiro atoms. The Morgan fingerprint density at radius 1 is 1.27 bits per heavy atom. The zero-order valence-corrected chi connectivity index (χ0v) is 13.2. The van der Waals surface area contributed by atoms with E-state index in [0.717, 1.165) is 19.3 Å². The van der Waals surface area contributed by atoms with Crippen molar-refractivity contribution in [2.75, 3.05) is 6.54 Å². The Balaban J connectivity index is 2.00. The van der Waals surface area contributed by atoms with E-state index in [1.807, 2.05) is 0 Å². The maximum atomic E-state index is 12.9. The Hall–Kier alpha value is -1.80. The van der Waals surface area contributed by atoms with E-state index in [4.69, 9.17) is 4.42 Å². The lowest BCUT2D eigenvalue weighted by Gasteiger charge is -2.26. The minimum Gasteiger partial charge on any atom is -0.424 e. The molecule has 1 aliphatic rings. The molecule has 0 amide bonds. The molecule has 0 saturated carbocycles. The van der Waals surface area contributed by atoms with Crippen molar-refractivity contribution in [2.45, 2.75) is 43.5 Å². The monoisotopic (exact) mass is 322 g/mol. The Morgan fingerprint density at radius 3 is 2.82 bits per heavy atom. The number of rotatable bonds is 3. The Kier molecular flexibility index (Phi) is 4.21. The van der Waals surface area contributed by atoms with E-state index in [1.54, 1.807) is 25.3 Å². The van der Waals surface area contributed by atoms with Gasteiger partial charge in [-0.05, 0) is 25.0 Å². The smallest absolute Gasteiger partial charge is 0.245 e. The molecule has 1 saturated heterocycles. The molecule has 118 valence electrons. The van der Waals surface area contributed by atoms with Gasteiger partial charge in [0.05, 0.1) is 0 Å². The van der Waals surface area contributed by atoms with Crippen LogP contribution in [-0.4, -0.2) is 34.4 Å². The molecule has 0 aromatic carbocycles. The molecular weight excluding hydrogens is 304 g/mol. The number of aryl methyl sites for hydroxylation is 1. The van der Waals surface area contributed by atoms with E-state index in [2.05, 4.69) is 15.2 Å². The average Bonchev–Trinajstić information content (AvgIpc) is 2.81. The number of sulfonamides is 1. The van der Waals surface area contributed by atoms with Crippen LogP contribution in [0.2, 0.25) is 0 Å². The molecule has 0 aliphatic carbocycles. The van der Waals surface area contributed by atoms with Gasteiger partial charge in [0, 0.05) is 25.9 Å². The maximum absolute atomic E-state index is 12.9. The van der Waals surface area contributed by atoms with Crippen LogP contribution in [0.15, 0.2) is 33.8 Å². The normalized spacial score (nSPS) is 20.7. The van der Waals surface area contributed by atoms with Crippen LogP contribution >= 0.6 is 0 Å². The highest BCUT2D eigenvalue weighted by molar-refractivity contribution is 7.89. The highest BCUT2D eigenvalue weighted by Crippen LogP contribution is 2.33. The van der Waals surface area contributed by atoms with E-state index in [-0.39, 0.29) is 4.90 Å².